The van der Waals surface area contributed by atoms with Crippen LogP contribution in [-0.2, 0) is 6.54 Å². The molecule has 0 fully saturated rings. The number of rotatable bonds is 6. The molecule has 2 heteroatoms. The Labute approximate surface area is 122 Å². The maximum atomic E-state index is 3.56. The summed E-state index contributed by atoms with van der Waals surface area (Å²) in [6.07, 6.45) is 3.35. The molecular formula is C18H26N2. The van der Waals surface area contributed by atoms with Crippen molar-refractivity contribution in [3.8, 4) is 0 Å². The molecule has 0 radical (unpaired) electrons. The predicted molar refractivity (Wildman–Crippen MR) is 86.2 cm³/mol. The first kappa shape index (κ1) is 14.9. The van der Waals surface area contributed by atoms with Crippen molar-refractivity contribution in [3.05, 3.63) is 58.9 Å². The third-order valence-corrected chi connectivity index (χ3v) is 3.64. The number of hydrogen-bond donors (Lipinski definition) is 1. The van der Waals surface area contributed by atoms with Crippen LogP contribution in [-0.4, -0.2) is 11.1 Å². The summed E-state index contributed by atoms with van der Waals surface area (Å²) in [5.41, 5.74) is 5.41. The van der Waals surface area contributed by atoms with Crippen LogP contribution in [0.15, 0.2) is 36.5 Å². The Kier molecular flexibility index (Phi) is 5.02. The molecule has 1 aromatic heterocycles. The average molecular weight is 270 g/mol. The zero-order chi connectivity index (χ0) is 14.5. The van der Waals surface area contributed by atoms with Crippen LogP contribution in [0, 0.1) is 13.8 Å². The Hall–Kier alpha value is -1.54. The van der Waals surface area contributed by atoms with Gasteiger partial charge in [-0.15, -0.1) is 0 Å². The molecule has 0 aliphatic rings. The van der Waals surface area contributed by atoms with Gasteiger partial charge in [0, 0.05) is 24.5 Å². The van der Waals surface area contributed by atoms with Crippen molar-refractivity contribution in [1.29, 1.82) is 0 Å². The summed E-state index contributed by atoms with van der Waals surface area (Å²) in [5.74, 6) is 0. The van der Waals surface area contributed by atoms with Gasteiger partial charge in [0.2, 0.25) is 0 Å². The number of aryl methyl sites for hydroxylation is 2. The molecule has 1 aromatic carbocycles. The molecule has 0 aliphatic heterocycles. The van der Waals surface area contributed by atoms with E-state index < -0.39 is 0 Å². The molecule has 0 amide bonds. The minimum absolute atomic E-state index is 0.399. The maximum absolute atomic E-state index is 3.56. The second-order valence-electron chi connectivity index (χ2n) is 5.73. The molecule has 108 valence electrons. The largest absolute Gasteiger partial charge is 0.346 e. The van der Waals surface area contributed by atoms with E-state index in [1.807, 2.05) is 0 Å². The Bertz CT molecular complexity index is 534. The van der Waals surface area contributed by atoms with Crippen molar-refractivity contribution in [1.82, 2.24) is 9.88 Å². The van der Waals surface area contributed by atoms with Gasteiger partial charge in [0.15, 0.2) is 0 Å². The van der Waals surface area contributed by atoms with Crippen molar-refractivity contribution in [2.75, 3.05) is 6.54 Å². The van der Waals surface area contributed by atoms with Crippen LogP contribution in [0.5, 0.6) is 0 Å². The number of hydrogen-bond acceptors (Lipinski definition) is 1. The maximum Gasteiger partial charge on any atom is 0.0473 e. The second kappa shape index (κ2) is 6.76. The van der Waals surface area contributed by atoms with Crippen molar-refractivity contribution in [3.63, 3.8) is 0 Å². The average Bonchev–Trinajstić information content (AvgIpc) is 2.82. The van der Waals surface area contributed by atoms with Crippen molar-refractivity contribution in [2.45, 2.75) is 46.7 Å². The highest BCUT2D eigenvalue weighted by Gasteiger charge is 2.09. The SMILES string of the molecule is CCCNC(C)c1cccn1Cc1cc(C)cc(C)c1. The van der Waals surface area contributed by atoms with E-state index in [4.69, 9.17) is 0 Å². The molecule has 1 atom stereocenters. The summed E-state index contributed by atoms with van der Waals surface area (Å²) in [5, 5.41) is 3.56. The van der Waals surface area contributed by atoms with E-state index in [2.05, 4.69) is 74.1 Å². The third-order valence-electron chi connectivity index (χ3n) is 3.64. The fourth-order valence-electron chi connectivity index (χ4n) is 2.79. The predicted octanol–water partition coefficient (Wildman–Crippen LogP) is 4.21. The van der Waals surface area contributed by atoms with Gasteiger partial charge in [-0.3, -0.25) is 0 Å². The summed E-state index contributed by atoms with van der Waals surface area (Å²) in [4.78, 5) is 0. The summed E-state index contributed by atoms with van der Waals surface area (Å²) < 4.78 is 2.35. The highest BCUT2D eigenvalue weighted by molar-refractivity contribution is 5.29. The number of aromatic nitrogens is 1. The molecule has 2 aromatic rings. The summed E-state index contributed by atoms with van der Waals surface area (Å²) in [6, 6.07) is 11.5. The van der Waals surface area contributed by atoms with Gasteiger partial charge in [-0.05, 0) is 51.4 Å². The third kappa shape index (κ3) is 3.73. The fourth-order valence-corrected chi connectivity index (χ4v) is 2.79. The Balaban J connectivity index is 2.15. The highest BCUT2D eigenvalue weighted by Crippen LogP contribution is 2.17. The summed E-state index contributed by atoms with van der Waals surface area (Å²) in [7, 11) is 0. The molecule has 2 nitrogen and oxygen atoms in total. The van der Waals surface area contributed by atoms with Crippen LogP contribution in [0.25, 0.3) is 0 Å². The van der Waals surface area contributed by atoms with Crippen LogP contribution >= 0.6 is 0 Å². The molecule has 1 N–H and O–H groups in total. The lowest BCUT2D eigenvalue weighted by Gasteiger charge is -2.17. The van der Waals surface area contributed by atoms with Gasteiger partial charge in [0.05, 0.1) is 0 Å². The van der Waals surface area contributed by atoms with E-state index in [1.54, 1.807) is 0 Å². The Morgan fingerprint density at radius 1 is 1.15 bits per heavy atom. The van der Waals surface area contributed by atoms with Gasteiger partial charge >= 0.3 is 0 Å². The molecule has 1 heterocycles. The molecule has 0 saturated carbocycles. The van der Waals surface area contributed by atoms with E-state index in [0.29, 0.717) is 6.04 Å². The van der Waals surface area contributed by atoms with E-state index in [-0.39, 0.29) is 0 Å². The van der Waals surface area contributed by atoms with E-state index in [0.717, 1.165) is 13.1 Å². The van der Waals surface area contributed by atoms with Crippen LogP contribution in [0.3, 0.4) is 0 Å². The molecule has 0 aliphatic carbocycles. The summed E-state index contributed by atoms with van der Waals surface area (Å²) in [6.45, 7) is 10.8. The van der Waals surface area contributed by atoms with Gasteiger partial charge in [-0.2, -0.15) is 0 Å². The highest BCUT2D eigenvalue weighted by atomic mass is 15.0. The van der Waals surface area contributed by atoms with Crippen molar-refractivity contribution in [2.24, 2.45) is 0 Å². The normalized spacial score (nSPS) is 12.6. The van der Waals surface area contributed by atoms with Gasteiger partial charge < -0.3 is 9.88 Å². The first-order valence-corrected chi connectivity index (χ1v) is 7.55. The van der Waals surface area contributed by atoms with Crippen LogP contribution in [0.2, 0.25) is 0 Å². The molecule has 20 heavy (non-hydrogen) atoms. The Morgan fingerprint density at radius 2 is 1.85 bits per heavy atom. The second-order valence-corrected chi connectivity index (χ2v) is 5.73. The quantitative estimate of drug-likeness (QED) is 0.832. The smallest absolute Gasteiger partial charge is 0.0473 e. The molecular weight excluding hydrogens is 244 g/mol. The zero-order valence-corrected chi connectivity index (χ0v) is 13.1. The first-order chi connectivity index (χ1) is 9.60. The minimum atomic E-state index is 0.399. The monoisotopic (exact) mass is 270 g/mol. The molecule has 0 spiro atoms. The first-order valence-electron chi connectivity index (χ1n) is 7.55. The minimum Gasteiger partial charge on any atom is -0.346 e. The van der Waals surface area contributed by atoms with Crippen LogP contribution < -0.4 is 5.32 Å². The molecule has 0 saturated heterocycles. The molecule has 2 rings (SSSR count). The lowest BCUT2D eigenvalue weighted by Crippen LogP contribution is -2.22. The van der Waals surface area contributed by atoms with Crippen LogP contribution in [0.4, 0.5) is 0 Å². The van der Waals surface area contributed by atoms with Gasteiger partial charge in [0.1, 0.15) is 0 Å². The summed E-state index contributed by atoms with van der Waals surface area (Å²) >= 11 is 0. The van der Waals surface area contributed by atoms with E-state index in [9.17, 15) is 0 Å². The lowest BCUT2D eigenvalue weighted by atomic mass is 10.1. The number of nitrogens with one attached hydrogen (secondary N) is 1. The Morgan fingerprint density at radius 3 is 2.50 bits per heavy atom. The van der Waals surface area contributed by atoms with Gasteiger partial charge in [0.25, 0.3) is 0 Å². The van der Waals surface area contributed by atoms with Gasteiger partial charge in [-0.1, -0.05) is 36.2 Å². The standard InChI is InChI=1S/C18H26N2/c1-5-8-19-16(4)18-7-6-9-20(18)13-17-11-14(2)10-15(3)12-17/h6-7,9-12,16,19H,5,8,13H2,1-4H3. The van der Waals surface area contributed by atoms with Gasteiger partial charge in [-0.25, -0.2) is 0 Å². The lowest BCUT2D eigenvalue weighted by molar-refractivity contribution is 0.534. The van der Waals surface area contributed by atoms with E-state index >= 15 is 0 Å². The topological polar surface area (TPSA) is 17.0 Å². The van der Waals surface area contributed by atoms with Crippen molar-refractivity contribution >= 4 is 0 Å². The fraction of sp³-hybridized carbons (Fsp3) is 0.444. The molecule has 1 unspecified atom stereocenters. The zero-order valence-electron chi connectivity index (χ0n) is 13.1. The number of nitrogens with zero attached hydrogens (tertiary/aromatic N) is 1. The van der Waals surface area contributed by atoms with Crippen LogP contribution in [0.1, 0.15) is 48.7 Å². The molecule has 0 bridgehead atoms. The van der Waals surface area contributed by atoms with E-state index in [1.165, 1.54) is 28.8 Å². The van der Waals surface area contributed by atoms with Crippen molar-refractivity contribution < 1.29 is 0 Å². The number of benzene rings is 1.